The molecule has 5 nitrogen and oxygen atoms in total. The lowest BCUT2D eigenvalue weighted by Crippen LogP contribution is -2.29. The number of thiophene rings is 1. The molecule has 31 heavy (non-hydrogen) atoms. The maximum atomic E-state index is 13.1. The summed E-state index contributed by atoms with van der Waals surface area (Å²) in [7, 11) is 0. The van der Waals surface area contributed by atoms with Gasteiger partial charge in [-0.25, -0.2) is 9.67 Å². The number of carbonyl (C=O) groups is 1. The third-order valence-electron chi connectivity index (χ3n) is 5.84. The van der Waals surface area contributed by atoms with E-state index < -0.39 is 0 Å². The molecule has 1 aliphatic carbocycles. The summed E-state index contributed by atoms with van der Waals surface area (Å²) in [5.74, 6) is -0.0663. The second-order valence-corrected chi connectivity index (χ2v) is 8.93. The van der Waals surface area contributed by atoms with Crippen molar-refractivity contribution in [2.45, 2.75) is 38.3 Å². The Morgan fingerprint density at radius 3 is 2.65 bits per heavy atom. The fourth-order valence-corrected chi connectivity index (χ4v) is 4.99. The molecule has 2 aromatic heterocycles. The van der Waals surface area contributed by atoms with Gasteiger partial charge in [0.05, 0.1) is 12.6 Å². The molecule has 0 saturated heterocycles. The van der Waals surface area contributed by atoms with Gasteiger partial charge in [-0.3, -0.25) is 4.79 Å². The lowest BCUT2D eigenvalue weighted by molar-refractivity contribution is 0.0943. The molecule has 0 fully saturated rings. The number of aromatic nitrogens is 3. The smallest absolute Gasteiger partial charge is 0.252 e. The average molecular weight is 429 g/mol. The predicted molar refractivity (Wildman–Crippen MR) is 122 cm³/mol. The first kappa shape index (κ1) is 19.7. The second-order valence-electron chi connectivity index (χ2n) is 7.95. The van der Waals surface area contributed by atoms with Crippen LogP contribution in [0.3, 0.4) is 0 Å². The van der Waals surface area contributed by atoms with E-state index >= 15 is 0 Å². The van der Waals surface area contributed by atoms with E-state index in [9.17, 15) is 4.79 Å². The van der Waals surface area contributed by atoms with E-state index in [-0.39, 0.29) is 11.9 Å². The molecule has 4 aromatic rings. The molecule has 5 rings (SSSR count). The van der Waals surface area contributed by atoms with E-state index in [1.165, 1.54) is 30.3 Å². The molecule has 1 atom stereocenters. The topological polar surface area (TPSA) is 59.8 Å². The van der Waals surface area contributed by atoms with E-state index in [1.807, 2.05) is 30.3 Å². The van der Waals surface area contributed by atoms with Gasteiger partial charge < -0.3 is 5.32 Å². The molecule has 6 heteroatoms. The fraction of sp³-hybridized carbons (Fsp3) is 0.240. The van der Waals surface area contributed by atoms with Crippen molar-refractivity contribution in [1.82, 2.24) is 20.1 Å². The van der Waals surface area contributed by atoms with Gasteiger partial charge in [0.2, 0.25) is 0 Å². The minimum Gasteiger partial charge on any atom is -0.340 e. The second kappa shape index (κ2) is 8.86. The third kappa shape index (κ3) is 4.44. The SMILES string of the molecule is O=C(NC(c1ccc2c(c1)CCCC2)c1cccs1)c1ccc(Cn2cncn2)cc1. The van der Waals surface area contributed by atoms with Crippen molar-refractivity contribution in [3.8, 4) is 0 Å². The minimum atomic E-state index is -0.144. The zero-order valence-electron chi connectivity index (χ0n) is 17.2. The molecule has 0 aliphatic heterocycles. The van der Waals surface area contributed by atoms with Crippen LogP contribution in [-0.4, -0.2) is 20.7 Å². The molecule has 1 amide bonds. The van der Waals surface area contributed by atoms with E-state index in [4.69, 9.17) is 0 Å². The average Bonchev–Trinajstić information content (AvgIpc) is 3.52. The Hall–Kier alpha value is -3.25. The summed E-state index contributed by atoms with van der Waals surface area (Å²) < 4.78 is 1.76. The van der Waals surface area contributed by atoms with E-state index in [0.29, 0.717) is 12.1 Å². The van der Waals surface area contributed by atoms with Crippen LogP contribution in [0.2, 0.25) is 0 Å². The Morgan fingerprint density at radius 2 is 1.90 bits per heavy atom. The number of aryl methyl sites for hydroxylation is 2. The summed E-state index contributed by atoms with van der Waals surface area (Å²) in [4.78, 5) is 18.2. The quantitative estimate of drug-likeness (QED) is 0.481. The van der Waals surface area contributed by atoms with Crippen molar-refractivity contribution in [3.63, 3.8) is 0 Å². The van der Waals surface area contributed by atoms with Gasteiger partial charge in [0, 0.05) is 10.4 Å². The summed E-state index contributed by atoms with van der Waals surface area (Å²) in [5, 5.41) is 9.46. The van der Waals surface area contributed by atoms with Crippen molar-refractivity contribution in [1.29, 1.82) is 0 Å². The number of fused-ring (bicyclic) bond motifs is 1. The Kier molecular flexibility index (Phi) is 5.63. The fourth-order valence-electron chi connectivity index (χ4n) is 4.18. The van der Waals surface area contributed by atoms with Crippen LogP contribution in [0.1, 0.15) is 56.4 Å². The summed E-state index contributed by atoms with van der Waals surface area (Å²) in [6.07, 6.45) is 8.00. The molecule has 2 heterocycles. The lowest BCUT2D eigenvalue weighted by atomic mass is 9.89. The van der Waals surface area contributed by atoms with Gasteiger partial charge in [-0.15, -0.1) is 11.3 Å². The van der Waals surface area contributed by atoms with Gasteiger partial charge in [0.25, 0.3) is 5.91 Å². The highest BCUT2D eigenvalue weighted by molar-refractivity contribution is 7.10. The van der Waals surface area contributed by atoms with Crippen molar-refractivity contribution in [3.05, 3.63) is 105 Å². The number of carbonyl (C=O) groups excluding carboxylic acids is 1. The number of hydrogen-bond acceptors (Lipinski definition) is 4. The summed E-state index contributed by atoms with van der Waals surface area (Å²) in [5.41, 5.74) is 5.76. The normalized spacial score (nSPS) is 14.1. The highest BCUT2D eigenvalue weighted by atomic mass is 32.1. The molecule has 0 saturated carbocycles. The van der Waals surface area contributed by atoms with Crippen LogP contribution in [0.15, 0.2) is 72.6 Å². The Morgan fingerprint density at radius 1 is 1.06 bits per heavy atom. The largest absolute Gasteiger partial charge is 0.340 e. The van der Waals surface area contributed by atoms with Crippen molar-refractivity contribution in [2.75, 3.05) is 0 Å². The van der Waals surface area contributed by atoms with Gasteiger partial charge in [0.15, 0.2) is 0 Å². The van der Waals surface area contributed by atoms with Crippen LogP contribution in [-0.2, 0) is 19.4 Å². The van der Waals surface area contributed by atoms with Crippen molar-refractivity contribution >= 4 is 17.2 Å². The number of nitrogens with zero attached hydrogens (tertiary/aromatic N) is 3. The van der Waals surface area contributed by atoms with E-state index in [1.54, 1.807) is 22.3 Å². The van der Waals surface area contributed by atoms with Gasteiger partial charge in [-0.1, -0.05) is 36.4 Å². The van der Waals surface area contributed by atoms with Crippen LogP contribution in [0.4, 0.5) is 0 Å². The first-order valence-electron chi connectivity index (χ1n) is 10.6. The first-order valence-corrected chi connectivity index (χ1v) is 11.5. The van der Waals surface area contributed by atoms with Gasteiger partial charge >= 0.3 is 0 Å². The molecule has 0 spiro atoms. The van der Waals surface area contributed by atoms with E-state index in [0.717, 1.165) is 28.8 Å². The molecule has 0 bridgehead atoms. The molecule has 156 valence electrons. The Labute approximate surface area is 185 Å². The standard InChI is InChI=1S/C25H24N4OS/c30-25(20-9-7-18(8-10-20)15-29-17-26-16-27-29)28-24(23-6-3-13-31-23)22-12-11-19-4-1-2-5-21(19)14-22/h3,6-14,16-17,24H,1-2,4-5,15H2,(H,28,30). The monoisotopic (exact) mass is 428 g/mol. The zero-order chi connectivity index (χ0) is 21.0. The first-order chi connectivity index (χ1) is 15.3. The lowest BCUT2D eigenvalue weighted by Gasteiger charge is -2.22. The summed E-state index contributed by atoms with van der Waals surface area (Å²) in [6.45, 7) is 0.634. The summed E-state index contributed by atoms with van der Waals surface area (Å²) in [6, 6.07) is 18.4. The highest BCUT2D eigenvalue weighted by Crippen LogP contribution is 2.30. The van der Waals surface area contributed by atoms with Crippen LogP contribution in [0.25, 0.3) is 0 Å². The molecular weight excluding hydrogens is 404 g/mol. The zero-order valence-corrected chi connectivity index (χ0v) is 18.0. The van der Waals surface area contributed by atoms with Crippen molar-refractivity contribution in [2.24, 2.45) is 0 Å². The van der Waals surface area contributed by atoms with Crippen LogP contribution in [0, 0.1) is 0 Å². The van der Waals surface area contributed by atoms with Crippen LogP contribution >= 0.6 is 11.3 Å². The van der Waals surface area contributed by atoms with E-state index in [2.05, 4.69) is 45.0 Å². The molecule has 0 radical (unpaired) electrons. The maximum Gasteiger partial charge on any atom is 0.252 e. The van der Waals surface area contributed by atoms with Gasteiger partial charge in [-0.2, -0.15) is 5.10 Å². The number of nitrogens with one attached hydrogen (secondary N) is 1. The molecular formula is C25H24N4OS. The highest BCUT2D eigenvalue weighted by Gasteiger charge is 2.21. The predicted octanol–water partition coefficient (Wildman–Crippen LogP) is 4.79. The van der Waals surface area contributed by atoms with Crippen LogP contribution < -0.4 is 5.32 Å². The van der Waals surface area contributed by atoms with Crippen LogP contribution in [0.5, 0.6) is 0 Å². The maximum absolute atomic E-state index is 13.1. The third-order valence-corrected chi connectivity index (χ3v) is 6.77. The Balaban J connectivity index is 1.36. The molecule has 2 aromatic carbocycles. The van der Waals surface area contributed by atoms with Crippen molar-refractivity contribution < 1.29 is 4.79 Å². The number of rotatable bonds is 6. The minimum absolute atomic E-state index is 0.0663. The molecule has 1 N–H and O–H groups in total. The van der Waals surface area contributed by atoms with Gasteiger partial charge in [0.1, 0.15) is 12.7 Å². The number of benzene rings is 2. The number of hydrogen-bond donors (Lipinski definition) is 1. The molecule has 1 unspecified atom stereocenters. The Bertz CT molecular complexity index is 1150. The molecule has 1 aliphatic rings. The van der Waals surface area contributed by atoms with Gasteiger partial charge in [-0.05, 0) is 71.5 Å². The summed E-state index contributed by atoms with van der Waals surface area (Å²) >= 11 is 1.67. The number of amides is 1.